The van der Waals surface area contributed by atoms with Crippen molar-refractivity contribution in [1.29, 1.82) is 0 Å². The van der Waals surface area contributed by atoms with Gasteiger partial charge in [-0.2, -0.15) is 0 Å². The summed E-state index contributed by atoms with van der Waals surface area (Å²) in [5, 5.41) is 0. The fourth-order valence-electron chi connectivity index (χ4n) is 2.46. The second-order valence-electron chi connectivity index (χ2n) is 6.06. The standard InChI is InChI=1S/C20H15F2NO6S/c21-14-6-7-18(22)17(10-14)19(24)12-29-20(25)13-3-1-5-16(9-13)30(26,27)23-11-15-4-2-8-28-15/h1-10,23H,11-12H2. The summed E-state index contributed by atoms with van der Waals surface area (Å²) in [4.78, 5) is 24.0. The topological polar surface area (TPSA) is 103 Å². The Labute approximate surface area is 170 Å². The number of carbonyl (C=O) groups excluding carboxylic acids is 2. The van der Waals surface area contributed by atoms with Gasteiger partial charge in [0.05, 0.1) is 28.8 Å². The number of benzene rings is 2. The first-order valence-electron chi connectivity index (χ1n) is 8.54. The van der Waals surface area contributed by atoms with Gasteiger partial charge < -0.3 is 9.15 Å². The maximum atomic E-state index is 13.6. The van der Waals surface area contributed by atoms with Crippen LogP contribution in [0.5, 0.6) is 0 Å². The van der Waals surface area contributed by atoms with Crippen LogP contribution in [0.15, 0.2) is 70.2 Å². The Morgan fingerprint density at radius 1 is 1.03 bits per heavy atom. The first kappa shape index (κ1) is 21.3. The van der Waals surface area contributed by atoms with Gasteiger partial charge in [-0.05, 0) is 48.5 Å². The zero-order valence-corrected chi connectivity index (χ0v) is 16.1. The minimum absolute atomic E-state index is 0.0856. The molecule has 3 aromatic rings. The summed E-state index contributed by atoms with van der Waals surface area (Å²) in [5.41, 5.74) is -0.690. The molecule has 7 nitrogen and oxygen atoms in total. The van der Waals surface area contributed by atoms with E-state index in [1.807, 2.05) is 0 Å². The Morgan fingerprint density at radius 2 is 1.83 bits per heavy atom. The van der Waals surface area contributed by atoms with E-state index in [0.717, 1.165) is 18.2 Å². The molecule has 0 bridgehead atoms. The van der Waals surface area contributed by atoms with Crippen molar-refractivity contribution in [2.45, 2.75) is 11.4 Å². The lowest BCUT2D eigenvalue weighted by molar-refractivity contribution is 0.0473. The highest BCUT2D eigenvalue weighted by Crippen LogP contribution is 2.15. The second-order valence-corrected chi connectivity index (χ2v) is 7.82. The van der Waals surface area contributed by atoms with Crippen LogP contribution in [0.25, 0.3) is 0 Å². The van der Waals surface area contributed by atoms with Gasteiger partial charge in [0.25, 0.3) is 0 Å². The SMILES string of the molecule is O=C(OCC(=O)c1cc(F)ccc1F)c1cccc(S(=O)(=O)NCc2ccco2)c1. The van der Waals surface area contributed by atoms with Crippen LogP contribution in [-0.4, -0.2) is 26.8 Å². The van der Waals surface area contributed by atoms with Crippen LogP contribution in [0.2, 0.25) is 0 Å². The molecule has 2 aromatic carbocycles. The van der Waals surface area contributed by atoms with Gasteiger partial charge in [-0.25, -0.2) is 26.7 Å². The number of esters is 1. The van der Waals surface area contributed by atoms with Crippen LogP contribution < -0.4 is 4.72 Å². The number of ether oxygens (including phenoxy) is 1. The van der Waals surface area contributed by atoms with Crippen LogP contribution in [0, 0.1) is 11.6 Å². The first-order chi connectivity index (χ1) is 14.3. The van der Waals surface area contributed by atoms with Crippen LogP contribution in [-0.2, 0) is 21.3 Å². The fourth-order valence-corrected chi connectivity index (χ4v) is 3.50. The number of halogens is 2. The highest BCUT2D eigenvalue weighted by Gasteiger charge is 2.19. The van der Waals surface area contributed by atoms with Gasteiger partial charge in [-0.15, -0.1) is 0 Å². The molecule has 1 heterocycles. The van der Waals surface area contributed by atoms with E-state index in [4.69, 9.17) is 9.15 Å². The number of hydrogen-bond acceptors (Lipinski definition) is 6. The lowest BCUT2D eigenvalue weighted by Gasteiger charge is -2.08. The number of nitrogens with one attached hydrogen (secondary N) is 1. The number of rotatable bonds is 8. The van der Waals surface area contributed by atoms with Crippen molar-refractivity contribution >= 4 is 21.8 Å². The molecular formula is C20H15F2NO6S. The molecular weight excluding hydrogens is 420 g/mol. The minimum atomic E-state index is -3.95. The lowest BCUT2D eigenvalue weighted by Crippen LogP contribution is -2.23. The van der Waals surface area contributed by atoms with E-state index in [9.17, 15) is 26.8 Å². The van der Waals surface area contributed by atoms with E-state index in [-0.39, 0.29) is 17.0 Å². The molecule has 0 spiro atoms. The van der Waals surface area contributed by atoms with Gasteiger partial charge >= 0.3 is 5.97 Å². The van der Waals surface area contributed by atoms with E-state index in [2.05, 4.69) is 4.72 Å². The number of carbonyl (C=O) groups is 2. The van der Waals surface area contributed by atoms with Crippen molar-refractivity contribution in [3.63, 3.8) is 0 Å². The molecule has 156 valence electrons. The van der Waals surface area contributed by atoms with E-state index >= 15 is 0 Å². The zero-order valence-electron chi connectivity index (χ0n) is 15.3. The lowest BCUT2D eigenvalue weighted by atomic mass is 10.1. The maximum absolute atomic E-state index is 13.6. The van der Waals surface area contributed by atoms with Crippen molar-refractivity contribution in [2.24, 2.45) is 0 Å². The Morgan fingerprint density at radius 3 is 2.57 bits per heavy atom. The van der Waals surface area contributed by atoms with Crippen molar-refractivity contribution in [3.05, 3.63) is 89.4 Å². The maximum Gasteiger partial charge on any atom is 0.338 e. The summed E-state index contributed by atoms with van der Waals surface area (Å²) in [6.45, 7) is -0.926. The fraction of sp³-hybridized carbons (Fsp3) is 0.100. The normalized spacial score (nSPS) is 11.3. The number of ketones is 1. The predicted octanol–water partition coefficient (Wildman–Crippen LogP) is 3.08. The third-order valence-corrected chi connectivity index (χ3v) is 5.36. The smallest absolute Gasteiger partial charge is 0.338 e. The van der Waals surface area contributed by atoms with Crippen LogP contribution in [0.3, 0.4) is 0 Å². The molecule has 0 saturated carbocycles. The summed E-state index contributed by atoms with van der Waals surface area (Å²) in [6.07, 6.45) is 1.40. The molecule has 10 heteroatoms. The minimum Gasteiger partial charge on any atom is -0.468 e. The number of Topliss-reactive ketones (excluding diaryl/α,β-unsaturated/α-hetero) is 1. The highest BCUT2D eigenvalue weighted by molar-refractivity contribution is 7.89. The third kappa shape index (κ3) is 5.16. The summed E-state index contributed by atoms with van der Waals surface area (Å²) in [7, 11) is -3.95. The van der Waals surface area contributed by atoms with E-state index in [1.54, 1.807) is 12.1 Å². The van der Waals surface area contributed by atoms with Crippen molar-refractivity contribution in [2.75, 3.05) is 6.61 Å². The quantitative estimate of drug-likeness (QED) is 0.431. The Kier molecular flexibility index (Phi) is 6.38. The van der Waals surface area contributed by atoms with Gasteiger partial charge in [0, 0.05) is 0 Å². The summed E-state index contributed by atoms with van der Waals surface area (Å²) in [6, 6.07) is 10.5. The van der Waals surface area contributed by atoms with Crippen molar-refractivity contribution in [1.82, 2.24) is 4.72 Å². The average Bonchev–Trinajstić information content (AvgIpc) is 3.26. The summed E-state index contributed by atoms with van der Waals surface area (Å²) in [5.74, 6) is -3.30. The molecule has 0 saturated heterocycles. The number of sulfonamides is 1. The first-order valence-corrected chi connectivity index (χ1v) is 10.0. The van der Waals surface area contributed by atoms with Gasteiger partial charge in [0.1, 0.15) is 17.4 Å². The van der Waals surface area contributed by atoms with E-state index < -0.39 is 45.6 Å². The Bertz CT molecular complexity index is 1180. The van der Waals surface area contributed by atoms with Gasteiger partial charge in [-0.1, -0.05) is 6.07 Å². The van der Waals surface area contributed by atoms with E-state index in [1.165, 1.54) is 24.5 Å². The average molecular weight is 435 g/mol. The van der Waals surface area contributed by atoms with Gasteiger partial charge in [0.2, 0.25) is 15.8 Å². The molecule has 0 amide bonds. The molecule has 1 N–H and O–H groups in total. The molecule has 30 heavy (non-hydrogen) atoms. The Hall–Kier alpha value is -3.37. The largest absolute Gasteiger partial charge is 0.468 e. The predicted molar refractivity (Wildman–Crippen MR) is 100 cm³/mol. The van der Waals surface area contributed by atoms with Crippen LogP contribution in [0.1, 0.15) is 26.5 Å². The highest BCUT2D eigenvalue weighted by atomic mass is 32.2. The molecule has 3 rings (SSSR count). The molecule has 0 fully saturated rings. The second kappa shape index (κ2) is 8.97. The summed E-state index contributed by atoms with van der Waals surface area (Å²) < 4.78 is 63.8. The zero-order chi connectivity index (χ0) is 21.7. The summed E-state index contributed by atoms with van der Waals surface area (Å²) >= 11 is 0. The van der Waals surface area contributed by atoms with Crippen LogP contribution in [0.4, 0.5) is 8.78 Å². The van der Waals surface area contributed by atoms with E-state index in [0.29, 0.717) is 11.8 Å². The number of hydrogen-bond donors (Lipinski definition) is 1. The molecule has 1 aromatic heterocycles. The molecule has 0 radical (unpaired) electrons. The Balaban J connectivity index is 1.66. The third-order valence-electron chi connectivity index (χ3n) is 3.96. The molecule has 0 unspecified atom stereocenters. The van der Waals surface area contributed by atoms with Crippen molar-refractivity contribution in [3.8, 4) is 0 Å². The number of furan rings is 1. The monoisotopic (exact) mass is 435 g/mol. The molecule has 0 atom stereocenters. The molecule has 0 aliphatic rings. The van der Waals surface area contributed by atoms with Crippen molar-refractivity contribution < 1.29 is 35.9 Å². The molecule has 0 aliphatic carbocycles. The van der Waals surface area contributed by atoms with Gasteiger partial charge in [-0.3, -0.25) is 4.79 Å². The van der Waals surface area contributed by atoms with Crippen LogP contribution >= 0.6 is 0 Å². The van der Waals surface area contributed by atoms with Gasteiger partial charge in [0.15, 0.2) is 6.61 Å². The molecule has 0 aliphatic heterocycles.